The van der Waals surface area contributed by atoms with Gasteiger partial charge in [-0.25, -0.2) is 13.8 Å². The van der Waals surface area contributed by atoms with Crippen molar-refractivity contribution < 1.29 is 22.0 Å². The Morgan fingerprint density at radius 1 is 0.886 bits per heavy atom. The highest BCUT2D eigenvalue weighted by Gasteiger charge is 2.33. The standard InChI is InChI=1S/C26H20ClF5N2S/c1-25(2,16-6-8-17(9-7-16)26(30,31)32)23-14-33-24(34(23)19-12-10-18(28)11-13-19)35-15-20-21(27)4-3-5-22(20)29/h3-14H,15H2,1-2H3. The molecule has 0 aliphatic heterocycles. The van der Waals surface area contributed by atoms with Crippen LogP contribution in [0, 0.1) is 11.6 Å². The van der Waals surface area contributed by atoms with Crippen LogP contribution in [0.2, 0.25) is 5.02 Å². The highest BCUT2D eigenvalue weighted by molar-refractivity contribution is 7.98. The van der Waals surface area contributed by atoms with E-state index in [1.165, 1.54) is 48.2 Å². The first kappa shape index (κ1) is 25.3. The first-order valence-electron chi connectivity index (χ1n) is 10.6. The minimum atomic E-state index is -4.43. The number of rotatable bonds is 6. The van der Waals surface area contributed by atoms with E-state index < -0.39 is 28.8 Å². The normalized spacial score (nSPS) is 12.2. The third-order valence-electron chi connectivity index (χ3n) is 5.80. The molecule has 1 aromatic heterocycles. The molecule has 3 aromatic carbocycles. The van der Waals surface area contributed by atoms with Crippen molar-refractivity contribution in [2.45, 2.75) is 36.3 Å². The van der Waals surface area contributed by atoms with Crippen molar-refractivity contribution in [3.8, 4) is 5.69 Å². The Hall–Kier alpha value is -2.84. The van der Waals surface area contributed by atoms with Crippen LogP contribution in [0.3, 0.4) is 0 Å². The number of alkyl halides is 3. The van der Waals surface area contributed by atoms with E-state index in [2.05, 4.69) is 4.98 Å². The van der Waals surface area contributed by atoms with E-state index in [1.807, 2.05) is 13.8 Å². The first-order chi connectivity index (χ1) is 16.5. The Balaban J connectivity index is 1.77. The molecule has 4 rings (SSSR count). The Bertz CT molecular complexity index is 1310. The van der Waals surface area contributed by atoms with Crippen molar-refractivity contribution in [1.82, 2.24) is 9.55 Å². The summed E-state index contributed by atoms with van der Waals surface area (Å²) in [5, 5.41) is 0.800. The quantitative estimate of drug-likeness (QED) is 0.187. The number of benzene rings is 3. The van der Waals surface area contributed by atoms with Crippen molar-refractivity contribution in [3.05, 3.63) is 112 Å². The third-order valence-corrected chi connectivity index (χ3v) is 7.13. The lowest BCUT2D eigenvalue weighted by Crippen LogP contribution is -2.23. The molecule has 4 aromatic rings. The topological polar surface area (TPSA) is 17.8 Å². The predicted molar refractivity (Wildman–Crippen MR) is 128 cm³/mol. The van der Waals surface area contributed by atoms with Crippen LogP contribution >= 0.6 is 23.4 Å². The van der Waals surface area contributed by atoms with Crippen molar-refractivity contribution >= 4 is 23.4 Å². The lowest BCUT2D eigenvalue weighted by atomic mass is 9.81. The molecular weight excluding hydrogens is 503 g/mol. The van der Waals surface area contributed by atoms with Crippen LogP contribution in [0.5, 0.6) is 0 Å². The fraction of sp³-hybridized carbons (Fsp3) is 0.192. The minimum absolute atomic E-state index is 0.198. The summed E-state index contributed by atoms with van der Waals surface area (Å²) >= 11 is 7.42. The largest absolute Gasteiger partial charge is 0.416 e. The second kappa shape index (κ2) is 9.66. The number of aromatic nitrogens is 2. The van der Waals surface area contributed by atoms with E-state index in [4.69, 9.17) is 11.6 Å². The summed E-state index contributed by atoms with van der Waals surface area (Å²) in [5.74, 6) is -0.649. The zero-order valence-corrected chi connectivity index (χ0v) is 20.3. The van der Waals surface area contributed by atoms with Gasteiger partial charge in [-0.3, -0.25) is 4.57 Å². The van der Waals surface area contributed by atoms with Crippen molar-refractivity contribution in [3.63, 3.8) is 0 Å². The summed E-state index contributed by atoms with van der Waals surface area (Å²) in [6.45, 7) is 3.74. The summed E-state index contributed by atoms with van der Waals surface area (Å²) in [5.41, 5.74) is 0.757. The van der Waals surface area contributed by atoms with E-state index in [1.54, 1.807) is 29.0 Å². The van der Waals surface area contributed by atoms with Crippen LogP contribution in [0.15, 0.2) is 78.1 Å². The SMILES string of the molecule is CC(C)(c1ccc(C(F)(F)F)cc1)c1cnc(SCc2c(F)cccc2Cl)n1-c1ccc(F)cc1. The van der Waals surface area contributed by atoms with E-state index >= 15 is 0 Å². The highest BCUT2D eigenvalue weighted by atomic mass is 35.5. The van der Waals surface area contributed by atoms with Gasteiger partial charge in [-0.05, 0) is 54.1 Å². The lowest BCUT2D eigenvalue weighted by Gasteiger charge is -2.28. The molecule has 0 spiro atoms. The van der Waals surface area contributed by atoms with Gasteiger partial charge in [0.25, 0.3) is 0 Å². The smallest absolute Gasteiger partial charge is 0.291 e. The second-order valence-corrected chi connectivity index (χ2v) is 9.78. The van der Waals surface area contributed by atoms with Gasteiger partial charge in [-0.2, -0.15) is 13.2 Å². The van der Waals surface area contributed by atoms with Crippen molar-refractivity contribution in [2.75, 3.05) is 0 Å². The molecule has 1 heterocycles. The summed E-state index contributed by atoms with van der Waals surface area (Å²) in [7, 11) is 0. The fourth-order valence-electron chi connectivity index (χ4n) is 3.75. The molecule has 0 atom stereocenters. The number of hydrogen-bond acceptors (Lipinski definition) is 2. The average molecular weight is 523 g/mol. The number of hydrogen-bond donors (Lipinski definition) is 0. The summed E-state index contributed by atoms with van der Waals surface area (Å²) < 4.78 is 68.9. The predicted octanol–water partition coefficient (Wildman–Crippen LogP) is 8.44. The number of halogens is 6. The molecule has 0 aliphatic carbocycles. The molecule has 0 saturated heterocycles. The Morgan fingerprint density at radius 2 is 1.51 bits per heavy atom. The number of thioether (sulfide) groups is 1. The number of nitrogens with zero attached hydrogens (tertiary/aromatic N) is 2. The first-order valence-corrected chi connectivity index (χ1v) is 11.9. The van der Waals surface area contributed by atoms with Crippen molar-refractivity contribution in [2.24, 2.45) is 0 Å². The molecular formula is C26H20ClF5N2S. The minimum Gasteiger partial charge on any atom is -0.291 e. The van der Waals surface area contributed by atoms with Gasteiger partial charge in [0, 0.05) is 27.4 Å². The van der Waals surface area contributed by atoms with Gasteiger partial charge in [0.05, 0.1) is 17.5 Å². The Labute approximate surface area is 208 Å². The summed E-state index contributed by atoms with van der Waals surface area (Å²) in [6, 6.07) is 15.2. The molecule has 0 N–H and O–H groups in total. The molecule has 0 fully saturated rings. The molecule has 9 heteroatoms. The van der Waals surface area contributed by atoms with Gasteiger partial charge in [0.1, 0.15) is 11.6 Å². The van der Waals surface area contributed by atoms with Crippen LogP contribution < -0.4 is 0 Å². The maximum absolute atomic E-state index is 14.3. The van der Waals surface area contributed by atoms with Crippen molar-refractivity contribution in [1.29, 1.82) is 0 Å². The van der Waals surface area contributed by atoms with Gasteiger partial charge < -0.3 is 0 Å². The third kappa shape index (κ3) is 5.23. The molecule has 182 valence electrons. The average Bonchev–Trinajstić information content (AvgIpc) is 3.23. The Kier molecular flexibility index (Phi) is 6.97. The van der Waals surface area contributed by atoms with Gasteiger partial charge in [-0.15, -0.1) is 0 Å². The summed E-state index contributed by atoms with van der Waals surface area (Å²) in [6.07, 6.45) is -2.80. The van der Waals surface area contributed by atoms with Crippen LogP contribution in [-0.2, 0) is 17.3 Å². The van der Waals surface area contributed by atoms with E-state index in [9.17, 15) is 22.0 Å². The maximum atomic E-state index is 14.3. The van der Waals surface area contributed by atoms with Crippen LogP contribution in [0.1, 0.15) is 36.2 Å². The van der Waals surface area contributed by atoms with E-state index in [-0.39, 0.29) is 5.75 Å². The van der Waals surface area contributed by atoms with Crippen LogP contribution in [0.25, 0.3) is 5.69 Å². The number of imidazole rings is 1. The van der Waals surface area contributed by atoms with Crippen LogP contribution in [0.4, 0.5) is 22.0 Å². The zero-order chi connectivity index (χ0) is 25.4. The Morgan fingerprint density at radius 3 is 2.11 bits per heavy atom. The molecule has 0 radical (unpaired) electrons. The lowest BCUT2D eigenvalue weighted by molar-refractivity contribution is -0.137. The molecule has 0 bridgehead atoms. The van der Waals surface area contributed by atoms with Gasteiger partial charge >= 0.3 is 6.18 Å². The fourth-order valence-corrected chi connectivity index (χ4v) is 5.08. The molecule has 0 aliphatic rings. The van der Waals surface area contributed by atoms with Gasteiger partial charge in [0.15, 0.2) is 5.16 Å². The molecule has 2 nitrogen and oxygen atoms in total. The van der Waals surface area contributed by atoms with Gasteiger partial charge in [-0.1, -0.05) is 55.4 Å². The zero-order valence-electron chi connectivity index (χ0n) is 18.7. The van der Waals surface area contributed by atoms with E-state index in [0.717, 1.165) is 12.1 Å². The maximum Gasteiger partial charge on any atom is 0.416 e. The molecule has 0 unspecified atom stereocenters. The monoisotopic (exact) mass is 522 g/mol. The molecule has 35 heavy (non-hydrogen) atoms. The van der Waals surface area contributed by atoms with Crippen LogP contribution in [-0.4, -0.2) is 9.55 Å². The highest BCUT2D eigenvalue weighted by Crippen LogP contribution is 2.38. The molecule has 0 amide bonds. The summed E-state index contributed by atoms with van der Waals surface area (Å²) in [4.78, 5) is 4.52. The van der Waals surface area contributed by atoms with Gasteiger partial charge in [0.2, 0.25) is 0 Å². The van der Waals surface area contributed by atoms with E-state index in [0.29, 0.717) is 32.7 Å². The second-order valence-electron chi connectivity index (χ2n) is 8.43. The molecule has 0 saturated carbocycles.